The molecule has 3 nitrogen and oxygen atoms in total. The summed E-state index contributed by atoms with van der Waals surface area (Å²) in [6.45, 7) is 9.76. The van der Waals surface area contributed by atoms with Gasteiger partial charge in [-0.05, 0) is 45.6 Å². The minimum atomic E-state index is -0.0663. The summed E-state index contributed by atoms with van der Waals surface area (Å²) in [7, 11) is 1.79. The molecule has 1 aliphatic rings. The van der Waals surface area contributed by atoms with Gasteiger partial charge in [-0.25, -0.2) is 0 Å². The van der Waals surface area contributed by atoms with E-state index in [0.717, 1.165) is 18.9 Å². The Labute approximate surface area is 107 Å². The van der Waals surface area contributed by atoms with Gasteiger partial charge >= 0.3 is 0 Å². The maximum Gasteiger partial charge on any atom is 0.0638 e. The summed E-state index contributed by atoms with van der Waals surface area (Å²) in [5, 5.41) is 0. The molecule has 0 aromatic rings. The van der Waals surface area contributed by atoms with Gasteiger partial charge in [0, 0.05) is 26.2 Å². The summed E-state index contributed by atoms with van der Waals surface area (Å²) in [5.74, 6) is 0.864. The smallest absolute Gasteiger partial charge is 0.0638 e. The molecule has 0 saturated carbocycles. The van der Waals surface area contributed by atoms with Crippen LogP contribution in [0.3, 0.4) is 0 Å². The SMILES string of the molecule is CCC1CCCN(C(CN)CC(C)(C)OC)C1. The molecule has 1 fully saturated rings. The highest BCUT2D eigenvalue weighted by Crippen LogP contribution is 2.25. The van der Waals surface area contributed by atoms with Crippen LogP contribution >= 0.6 is 0 Å². The number of nitrogens with zero attached hydrogens (tertiary/aromatic N) is 1. The number of piperidine rings is 1. The highest BCUT2D eigenvalue weighted by molar-refractivity contribution is 4.84. The third-order valence-corrected chi connectivity index (χ3v) is 4.20. The van der Waals surface area contributed by atoms with Crippen molar-refractivity contribution < 1.29 is 4.74 Å². The summed E-state index contributed by atoms with van der Waals surface area (Å²) in [6, 6.07) is 0.472. The minimum absolute atomic E-state index is 0.0663. The Morgan fingerprint density at radius 3 is 2.71 bits per heavy atom. The molecule has 0 radical (unpaired) electrons. The van der Waals surface area contributed by atoms with Crippen LogP contribution in [0.1, 0.15) is 46.5 Å². The van der Waals surface area contributed by atoms with Crippen LogP contribution in [-0.4, -0.2) is 43.3 Å². The van der Waals surface area contributed by atoms with Crippen LogP contribution in [0.2, 0.25) is 0 Å². The highest BCUT2D eigenvalue weighted by atomic mass is 16.5. The van der Waals surface area contributed by atoms with E-state index in [1.54, 1.807) is 7.11 Å². The lowest BCUT2D eigenvalue weighted by atomic mass is 9.91. The average molecular weight is 242 g/mol. The van der Waals surface area contributed by atoms with Crippen LogP contribution in [0.5, 0.6) is 0 Å². The van der Waals surface area contributed by atoms with E-state index < -0.39 is 0 Å². The zero-order valence-corrected chi connectivity index (χ0v) is 12.0. The van der Waals surface area contributed by atoms with Gasteiger partial charge < -0.3 is 10.5 Å². The van der Waals surface area contributed by atoms with E-state index in [1.165, 1.54) is 32.4 Å². The molecule has 2 N–H and O–H groups in total. The molecule has 2 unspecified atom stereocenters. The summed E-state index contributed by atoms with van der Waals surface area (Å²) >= 11 is 0. The molecule has 17 heavy (non-hydrogen) atoms. The molecular formula is C14H30N2O. The molecule has 0 amide bonds. The van der Waals surface area contributed by atoms with E-state index >= 15 is 0 Å². The third kappa shape index (κ3) is 4.57. The standard InChI is InChI=1S/C14H30N2O/c1-5-12-7-6-8-16(11-12)13(10-15)9-14(2,3)17-4/h12-13H,5-11,15H2,1-4H3. The summed E-state index contributed by atoms with van der Waals surface area (Å²) in [4.78, 5) is 2.58. The normalized spacial score (nSPS) is 24.9. The second-order valence-corrected chi connectivity index (χ2v) is 5.97. The second-order valence-electron chi connectivity index (χ2n) is 5.97. The number of rotatable bonds is 6. The number of likely N-dealkylation sites (tertiary alicyclic amines) is 1. The van der Waals surface area contributed by atoms with Crippen molar-refractivity contribution in [2.75, 3.05) is 26.7 Å². The fourth-order valence-corrected chi connectivity index (χ4v) is 2.77. The van der Waals surface area contributed by atoms with E-state index in [1.807, 2.05) is 0 Å². The van der Waals surface area contributed by atoms with Crippen LogP contribution < -0.4 is 5.73 Å². The molecule has 0 spiro atoms. The summed E-state index contributed by atoms with van der Waals surface area (Å²) in [5.41, 5.74) is 5.89. The minimum Gasteiger partial charge on any atom is -0.379 e. The van der Waals surface area contributed by atoms with Gasteiger partial charge in [-0.15, -0.1) is 0 Å². The fraction of sp³-hybridized carbons (Fsp3) is 1.00. The number of hydrogen-bond donors (Lipinski definition) is 1. The van der Waals surface area contributed by atoms with E-state index in [2.05, 4.69) is 25.7 Å². The van der Waals surface area contributed by atoms with Crippen LogP contribution in [0, 0.1) is 5.92 Å². The Kier molecular flexibility index (Phi) is 5.90. The van der Waals surface area contributed by atoms with Crippen LogP contribution in [0.25, 0.3) is 0 Å². The van der Waals surface area contributed by atoms with Crippen molar-refractivity contribution >= 4 is 0 Å². The molecule has 0 bridgehead atoms. The second kappa shape index (κ2) is 6.72. The van der Waals surface area contributed by atoms with Crippen LogP contribution in [-0.2, 0) is 4.74 Å². The predicted octanol–water partition coefficient (Wildman–Crippen LogP) is 2.25. The molecule has 1 saturated heterocycles. The van der Waals surface area contributed by atoms with Gasteiger partial charge in [-0.3, -0.25) is 4.90 Å². The lowest BCUT2D eigenvalue weighted by Crippen LogP contribution is -2.49. The maximum absolute atomic E-state index is 5.96. The number of hydrogen-bond acceptors (Lipinski definition) is 3. The van der Waals surface area contributed by atoms with Crippen molar-refractivity contribution in [1.82, 2.24) is 4.90 Å². The molecule has 3 heteroatoms. The summed E-state index contributed by atoms with van der Waals surface area (Å²) < 4.78 is 5.53. The van der Waals surface area contributed by atoms with Crippen molar-refractivity contribution in [1.29, 1.82) is 0 Å². The van der Waals surface area contributed by atoms with Gasteiger partial charge in [0.25, 0.3) is 0 Å². The number of methoxy groups -OCH3 is 1. The Bertz CT molecular complexity index is 218. The quantitative estimate of drug-likeness (QED) is 0.776. The predicted molar refractivity (Wildman–Crippen MR) is 73.1 cm³/mol. The van der Waals surface area contributed by atoms with Gasteiger partial charge in [0.15, 0.2) is 0 Å². The number of ether oxygens (including phenoxy) is 1. The molecule has 0 aromatic heterocycles. The van der Waals surface area contributed by atoms with Crippen molar-refractivity contribution in [3.05, 3.63) is 0 Å². The van der Waals surface area contributed by atoms with Crippen LogP contribution in [0.15, 0.2) is 0 Å². The van der Waals surface area contributed by atoms with E-state index in [-0.39, 0.29) is 5.60 Å². The first-order valence-electron chi connectivity index (χ1n) is 7.01. The fourth-order valence-electron chi connectivity index (χ4n) is 2.77. The summed E-state index contributed by atoms with van der Waals surface area (Å²) in [6.07, 6.45) is 5.03. The Balaban J connectivity index is 2.54. The molecule has 1 rings (SSSR count). The Morgan fingerprint density at radius 2 is 2.18 bits per heavy atom. The average Bonchev–Trinajstić information content (AvgIpc) is 2.36. The monoisotopic (exact) mass is 242 g/mol. The van der Waals surface area contributed by atoms with E-state index in [0.29, 0.717) is 6.04 Å². The molecule has 2 atom stereocenters. The van der Waals surface area contributed by atoms with Crippen molar-refractivity contribution in [2.24, 2.45) is 11.7 Å². The molecule has 1 aliphatic heterocycles. The number of nitrogens with two attached hydrogens (primary N) is 1. The van der Waals surface area contributed by atoms with Crippen molar-refractivity contribution in [2.45, 2.75) is 58.1 Å². The van der Waals surface area contributed by atoms with Gasteiger partial charge in [0.2, 0.25) is 0 Å². The lowest BCUT2D eigenvalue weighted by molar-refractivity contribution is -0.0136. The molecule has 102 valence electrons. The van der Waals surface area contributed by atoms with Crippen molar-refractivity contribution in [3.8, 4) is 0 Å². The first kappa shape index (κ1) is 14.9. The van der Waals surface area contributed by atoms with Crippen LogP contribution in [0.4, 0.5) is 0 Å². The molecular weight excluding hydrogens is 212 g/mol. The first-order chi connectivity index (χ1) is 8.02. The van der Waals surface area contributed by atoms with Gasteiger partial charge in [-0.1, -0.05) is 13.3 Å². The third-order valence-electron chi connectivity index (χ3n) is 4.20. The van der Waals surface area contributed by atoms with Crippen molar-refractivity contribution in [3.63, 3.8) is 0 Å². The maximum atomic E-state index is 5.96. The van der Waals surface area contributed by atoms with E-state index in [9.17, 15) is 0 Å². The zero-order chi connectivity index (χ0) is 12.9. The van der Waals surface area contributed by atoms with Gasteiger partial charge in [-0.2, -0.15) is 0 Å². The Hall–Kier alpha value is -0.120. The molecule has 0 aliphatic carbocycles. The topological polar surface area (TPSA) is 38.5 Å². The zero-order valence-electron chi connectivity index (χ0n) is 12.0. The van der Waals surface area contributed by atoms with Gasteiger partial charge in [0.1, 0.15) is 0 Å². The Morgan fingerprint density at radius 1 is 1.47 bits per heavy atom. The highest BCUT2D eigenvalue weighted by Gasteiger charge is 2.29. The van der Waals surface area contributed by atoms with E-state index in [4.69, 9.17) is 10.5 Å². The van der Waals surface area contributed by atoms with Gasteiger partial charge in [0.05, 0.1) is 5.60 Å². The largest absolute Gasteiger partial charge is 0.379 e. The first-order valence-corrected chi connectivity index (χ1v) is 7.01. The molecule has 0 aromatic carbocycles. The molecule has 1 heterocycles. The lowest BCUT2D eigenvalue weighted by Gasteiger charge is -2.40.